The normalized spacial score (nSPS) is 15.3. The molecule has 1 heterocycles. The molecule has 0 bridgehead atoms. The third-order valence-electron chi connectivity index (χ3n) is 4.36. The van der Waals surface area contributed by atoms with Gasteiger partial charge in [-0.25, -0.2) is 0 Å². The SMILES string of the molecule is CC(C)c1ccc(C(O)CN2CCc3ccccc32)cc1. The minimum atomic E-state index is -0.433. The zero-order valence-corrected chi connectivity index (χ0v) is 12.8. The van der Waals surface area contributed by atoms with Crippen LogP contribution in [0.15, 0.2) is 48.5 Å². The molecule has 21 heavy (non-hydrogen) atoms. The predicted molar refractivity (Wildman–Crippen MR) is 87.8 cm³/mol. The van der Waals surface area contributed by atoms with Crippen LogP contribution in [-0.4, -0.2) is 18.2 Å². The van der Waals surface area contributed by atoms with E-state index in [1.807, 2.05) is 0 Å². The first-order chi connectivity index (χ1) is 10.1. The van der Waals surface area contributed by atoms with E-state index in [1.54, 1.807) is 0 Å². The lowest BCUT2D eigenvalue weighted by Gasteiger charge is -2.23. The van der Waals surface area contributed by atoms with E-state index in [1.165, 1.54) is 16.8 Å². The van der Waals surface area contributed by atoms with Crippen molar-refractivity contribution < 1.29 is 5.11 Å². The average Bonchev–Trinajstić information content (AvgIpc) is 2.91. The predicted octanol–water partition coefficient (Wildman–Crippen LogP) is 3.91. The maximum atomic E-state index is 10.5. The third kappa shape index (κ3) is 2.96. The lowest BCUT2D eigenvalue weighted by Crippen LogP contribution is -2.26. The number of hydrogen-bond acceptors (Lipinski definition) is 2. The molecule has 1 atom stereocenters. The summed E-state index contributed by atoms with van der Waals surface area (Å²) in [6.07, 6.45) is 0.646. The quantitative estimate of drug-likeness (QED) is 0.918. The molecule has 0 spiro atoms. The molecule has 2 heteroatoms. The Labute approximate surface area is 127 Å². The van der Waals surface area contributed by atoms with E-state index in [0.717, 1.165) is 18.5 Å². The Bertz CT molecular complexity index is 603. The highest BCUT2D eigenvalue weighted by atomic mass is 16.3. The van der Waals surface area contributed by atoms with Crippen LogP contribution in [0.5, 0.6) is 0 Å². The van der Waals surface area contributed by atoms with Crippen molar-refractivity contribution in [3.05, 3.63) is 65.2 Å². The van der Waals surface area contributed by atoms with Gasteiger partial charge in [-0.3, -0.25) is 0 Å². The molecule has 1 unspecified atom stereocenters. The second-order valence-corrected chi connectivity index (χ2v) is 6.16. The fourth-order valence-corrected chi connectivity index (χ4v) is 3.01. The molecule has 110 valence electrons. The van der Waals surface area contributed by atoms with Crippen molar-refractivity contribution in [1.82, 2.24) is 0 Å². The fourth-order valence-electron chi connectivity index (χ4n) is 3.01. The summed E-state index contributed by atoms with van der Waals surface area (Å²) in [5.41, 5.74) is 4.98. The summed E-state index contributed by atoms with van der Waals surface area (Å²) in [6.45, 7) is 6.04. The highest BCUT2D eigenvalue weighted by molar-refractivity contribution is 5.58. The van der Waals surface area contributed by atoms with Gasteiger partial charge in [0, 0.05) is 18.8 Å². The maximum Gasteiger partial charge on any atom is 0.0964 e. The molecule has 0 fully saturated rings. The van der Waals surface area contributed by atoms with E-state index in [2.05, 4.69) is 67.3 Å². The monoisotopic (exact) mass is 281 g/mol. The summed E-state index contributed by atoms with van der Waals surface area (Å²) in [6, 6.07) is 16.9. The first kappa shape index (κ1) is 14.2. The van der Waals surface area contributed by atoms with Crippen LogP contribution in [0.25, 0.3) is 0 Å². The van der Waals surface area contributed by atoms with Crippen molar-refractivity contribution in [2.75, 3.05) is 18.0 Å². The van der Waals surface area contributed by atoms with Crippen molar-refractivity contribution >= 4 is 5.69 Å². The number of β-amino-alcohol motifs (C(OH)–C–C–N with tert-alkyl or cyclic N) is 1. The highest BCUT2D eigenvalue weighted by Gasteiger charge is 2.21. The molecule has 0 saturated carbocycles. The molecule has 3 rings (SSSR count). The van der Waals surface area contributed by atoms with Gasteiger partial charge in [0.1, 0.15) is 0 Å². The molecule has 2 nitrogen and oxygen atoms in total. The van der Waals surface area contributed by atoms with E-state index in [9.17, 15) is 5.11 Å². The van der Waals surface area contributed by atoms with Gasteiger partial charge in [0.25, 0.3) is 0 Å². The molecule has 0 radical (unpaired) electrons. The summed E-state index contributed by atoms with van der Waals surface area (Å²) in [4.78, 5) is 2.29. The maximum absolute atomic E-state index is 10.5. The van der Waals surface area contributed by atoms with Gasteiger partial charge in [0.2, 0.25) is 0 Å². The van der Waals surface area contributed by atoms with Gasteiger partial charge in [0.15, 0.2) is 0 Å². The number of fused-ring (bicyclic) bond motifs is 1. The number of rotatable bonds is 4. The smallest absolute Gasteiger partial charge is 0.0964 e. The first-order valence-corrected chi connectivity index (χ1v) is 7.76. The number of para-hydroxylation sites is 1. The summed E-state index contributed by atoms with van der Waals surface area (Å²) < 4.78 is 0. The molecule has 0 amide bonds. The first-order valence-electron chi connectivity index (χ1n) is 7.76. The Morgan fingerprint density at radius 3 is 2.38 bits per heavy atom. The third-order valence-corrected chi connectivity index (χ3v) is 4.36. The van der Waals surface area contributed by atoms with Gasteiger partial charge in [-0.1, -0.05) is 56.3 Å². The lowest BCUT2D eigenvalue weighted by atomic mass is 10.00. The number of benzene rings is 2. The molecule has 1 aliphatic heterocycles. The Kier molecular flexibility index (Phi) is 3.98. The van der Waals surface area contributed by atoms with Gasteiger partial charge < -0.3 is 10.0 Å². The van der Waals surface area contributed by atoms with Crippen molar-refractivity contribution in [3.63, 3.8) is 0 Å². The number of hydrogen-bond donors (Lipinski definition) is 1. The summed E-state index contributed by atoms with van der Waals surface area (Å²) in [5, 5.41) is 10.5. The zero-order chi connectivity index (χ0) is 14.8. The van der Waals surface area contributed by atoms with E-state index < -0.39 is 6.10 Å². The van der Waals surface area contributed by atoms with Crippen molar-refractivity contribution in [2.45, 2.75) is 32.3 Å². The molecule has 0 aliphatic carbocycles. The van der Waals surface area contributed by atoms with Crippen LogP contribution >= 0.6 is 0 Å². The van der Waals surface area contributed by atoms with E-state index in [-0.39, 0.29) is 0 Å². The van der Waals surface area contributed by atoms with Crippen LogP contribution in [0.4, 0.5) is 5.69 Å². The number of aliphatic hydroxyl groups excluding tert-OH is 1. The molecular weight excluding hydrogens is 258 g/mol. The van der Waals surface area contributed by atoms with Gasteiger partial charge in [0.05, 0.1) is 6.10 Å². The standard InChI is InChI=1S/C19H23NO/c1-14(2)15-7-9-17(10-8-15)19(21)13-20-12-11-16-5-3-4-6-18(16)20/h3-10,14,19,21H,11-13H2,1-2H3. The van der Waals surface area contributed by atoms with Crippen molar-refractivity contribution in [3.8, 4) is 0 Å². The molecule has 2 aromatic rings. The van der Waals surface area contributed by atoms with Crippen LogP contribution in [0.3, 0.4) is 0 Å². The zero-order valence-electron chi connectivity index (χ0n) is 12.8. The molecule has 0 aromatic heterocycles. The second kappa shape index (κ2) is 5.90. The van der Waals surface area contributed by atoms with Crippen LogP contribution in [0.2, 0.25) is 0 Å². The van der Waals surface area contributed by atoms with E-state index in [0.29, 0.717) is 12.5 Å². The molecular formula is C19H23NO. The van der Waals surface area contributed by atoms with Gasteiger partial charge in [-0.15, -0.1) is 0 Å². The minimum absolute atomic E-state index is 0.433. The van der Waals surface area contributed by atoms with E-state index in [4.69, 9.17) is 0 Å². The summed E-state index contributed by atoms with van der Waals surface area (Å²) in [7, 11) is 0. The number of nitrogens with zero attached hydrogens (tertiary/aromatic N) is 1. The molecule has 0 saturated heterocycles. The number of anilines is 1. The Morgan fingerprint density at radius 2 is 1.67 bits per heavy atom. The Balaban J connectivity index is 1.71. The largest absolute Gasteiger partial charge is 0.387 e. The highest BCUT2D eigenvalue weighted by Crippen LogP contribution is 2.29. The minimum Gasteiger partial charge on any atom is -0.387 e. The number of aliphatic hydroxyl groups is 1. The Morgan fingerprint density at radius 1 is 1.00 bits per heavy atom. The fraction of sp³-hybridized carbons (Fsp3) is 0.368. The summed E-state index contributed by atoms with van der Waals surface area (Å²) in [5.74, 6) is 0.529. The van der Waals surface area contributed by atoms with E-state index >= 15 is 0 Å². The van der Waals surface area contributed by atoms with Gasteiger partial charge in [-0.2, -0.15) is 0 Å². The van der Waals surface area contributed by atoms with Gasteiger partial charge >= 0.3 is 0 Å². The average molecular weight is 281 g/mol. The summed E-state index contributed by atoms with van der Waals surface area (Å²) >= 11 is 0. The van der Waals surface area contributed by atoms with Crippen LogP contribution in [0, 0.1) is 0 Å². The molecule has 1 aliphatic rings. The molecule has 1 N–H and O–H groups in total. The van der Waals surface area contributed by atoms with Crippen LogP contribution < -0.4 is 4.90 Å². The van der Waals surface area contributed by atoms with Crippen LogP contribution in [0.1, 0.15) is 42.6 Å². The molecule has 2 aromatic carbocycles. The van der Waals surface area contributed by atoms with Crippen molar-refractivity contribution in [2.24, 2.45) is 0 Å². The van der Waals surface area contributed by atoms with Crippen LogP contribution in [-0.2, 0) is 6.42 Å². The van der Waals surface area contributed by atoms with Gasteiger partial charge in [-0.05, 0) is 35.1 Å². The Hall–Kier alpha value is -1.80. The van der Waals surface area contributed by atoms with Crippen molar-refractivity contribution in [1.29, 1.82) is 0 Å². The topological polar surface area (TPSA) is 23.5 Å². The second-order valence-electron chi connectivity index (χ2n) is 6.16. The lowest BCUT2D eigenvalue weighted by molar-refractivity contribution is 0.184.